The maximum Gasteiger partial charge on any atom is 0.126 e. The molecule has 0 amide bonds. The number of aromatic hydroxyl groups is 2. The van der Waals surface area contributed by atoms with Crippen LogP contribution in [0.15, 0.2) is 46.6 Å². The molecule has 2 aromatic rings. The number of benzene rings is 2. The van der Waals surface area contributed by atoms with Gasteiger partial charge < -0.3 is 20.0 Å². The summed E-state index contributed by atoms with van der Waals surface area (Å²) >= 11 is 0. The maximum atomic E-state index is 10.2. The van der Waals surface area contributed by atoms with Gasteiger partial charge in [0.2, 0.25) is 0 Å². The van der Waals surface area contributed by atoms with Crippen LogP contribution >= 0.6 is 0 Å². The van der Waals surface area contributed by atoms with Gasteiger partial charge in [-0.1, -0.05) is 0 Å². The van der Waals surface area contributed by atoms with E-state index in [0.717, 1.165) is 37.6 Å². The highest BCUT2D eigenvalue weighted by molar-refractivity contribution is 5.87. The van der Waals surface area contributed by atoms with Crippen molar-refractivity contribution in [2.75, 3.05) is 36.0 Å². The van der Waals surface area contributed by atoms with Crippen LogP contribution in [-0.2, 0) is 0 Å². The van der Waals surface area contributed by atoms with E-state index in [1.54, 1.807) is 12.1 Å². The number of anilines is 2. The summed E-state index contributed by atoms with van der Waals surface area (Å²) in [7, 11) is 0. The highest BCUT2D eigenvalue weighted by atomic mass is 16.3. The van der Waals surface area contributed by atoms with E-state index in [9.17, 15) is 10.2 Å². The lowest BCUT2D eigenvalue weighted by atomic mass is 10.2. The fraction of sp³-hybridized carbons (Fsp3) is 0.364. The predicted octanol–water partition coefficient (Wildman–Crippen LogP) is 4.24. The number of hydrogen-bond acceptors (Lipinski definition) is 6. The lowest BCUT2D eigenvalue weighted by Gasteiger charge is -2.21. The van der Waals surface area contributed by atoms with Crippen molar-refractivity contribution in [2.45, 2.75) is 27.7 Å². The van der Waals surface area contributed by atoms with Crippen LogP contribution in [0.1, 0.15) is 38.8 Å². The molecule has 150 valence electrons. The summed E-state index contributed by atoms with van der Waals surface area (Å²) in [6.07, 6.45) is 3.00. The van der Waals surface area contributed by atoms with Crippen molar-refractivity contribution < 1.29 is 10.2 Å². The molecule has 0 fully saturated rings. The van der Waals surface area contributed by atoms with Crippen molar-refractivity contribution in [2.24, 2.45) is 10.2 Å². The Hall–Kier alpha value is -3.02. The zero-order valence-electron chi connectivity index (χ0n) is 17.1. The summed E-state index contributed by atoms with van der Waals surface area (Å²) in [4.78, 5) is 4.31. The third-order valence-corrected chi connectivity index (χ3v) is 4.75. The lowest BCUT2D eigenvalue weighted by molar-refractivity contribution is 0.473. The Balaban J connectivity index is 2.09. The predicted molar refractivity (Wildman–Crippen MR) is 119 cm³/mol. The van der Waals surface area contributed by atoms with Crippen molar-refractivity contribution in [1.82, 2.24) is 0 Å². The summed E-state index contributed by atoms with van der Waals surface area (Å²) in [5.74, 6) is 0.324. The zero-order chi connectivity index (χ0) is 20.5. The van der Waals surface area contributed by atoms with Crippen LogP contribution in [0.4, 0.5) is 11.4 Å². The molecule has 0 atom stereocenters. The maximum absolute atomic E-state index is 10.2. The Labute approximate surface area is 167 Å². The summed E-state index contributed by atoms with van der Waals surface area (Å²) in [6.45, 7) is 11.8. The molecule has 0 spiro atoms. The van der Waals surface area contributed by atoms with Gasteiger partial charge in [-0.2, -0.15) is 10.2 Å². The molecule has 2 aromatic carbocycles. The molecule has 0 unspecified atom stereocenters. The van der Waals surface area contributed by atoms with Crippen LogP contribution in [-0.4, -0.2) is 48.8 Å². The molecular weight excluding hydrogens is 352 g/mol. The van der Waals surface area contributed by atoms with Crippen molar-refractivity contribution in [3.8, 4) is 11.5 Å². The van der Waals surface area contributed by atoms with E-state index in [0.29, 0.717) is 11.1 Å². The smallest absolute Gasteiger partial charge is 0.126 e. The van der Waals surface area contributed by atoms with Crippen LogP contribution < -0.4 is 9.80 Å². The van der Waals surface area contributed by atoms with Gasteiger partial charge in [-0.25, -0.2) is 0 Å². The highest BCUT2D eigenvalue weighted by Crippen LogP contribution is 2.24. The molecule has 0 bridgehead atoms. The van der Waals surface area contributed by atoms with E-state index in [1.165, 1.54) is 12.4 Å². The van der Waals surface area contributed by atoms with Gasteiger partial charge >= 0.3 is 0 Å². The minimum atomic E-state index is 0.162. The molecular formula is C22H30N4O2. The molecule has 0 aliphatic heterocycles. The van der Waals surface area contributed by atoms with Gasteiger partial charge in [0.1, 0.15) is 11.5 Å². The van der Waals surface area contributed by atoms with Crippen LogP contribution in [0.5, 0.6) is 11.5 Å². The van der Waals surface area contributed by atoms with Gasteiger partial charge in [0, 0.05) is 60.8 Å². The van der Waals surface area contributed by atoms with Gasteiger partial charge in [0.15, 0.2) is 0 Å². The Bertz CT molecular complexity index is 756. The molecule has 0 heterocycles. The van der Waals surface area contributed by atoms with Crippen molar-refractivity contribution in [3.05, 3.63) is 47.5 Å². The normalized spacial score (nSPS) is 11.4. The van der Waals surface area contributed by atoms with Gasteiger partial charge in [0.05, 0.1) is 12.4 Å². The van der Waals surface area contributed by atoms with Gasteiger partial charge in [-0.05, 0) is 52.0 Å². The first kappa shape index (κ1) is 21.3. The first-order valence-corrected chi connectivity index (χ1v) is 9.76. The Morgan fingerprint density at radius 1 is 0.679 bits per heavy atom. The second kappa shape index (κ2) is 10.3. The van der Waals surface area contributed by atoms with Crippen LogP contribution in [0.3, 0.4) is 0 Å². The average Bonchev–Trinajstić information content (AvgIpc) is 2.69. The molecule has 0 radical (unpaired) electrons. The molecule has 6 nitrogen and oxygen atoms in total. The molecule has 0 aliphatic rings. The molecule has 28 heavy (non-hydrogen) atoms. The molecule has 2 N–H and O–H groups in total. The number of phenols is 2. The standard InChI is InChI=1S/C22H30N4O2/c1-5-25(6-2)19-11-9-17(21(27)13-19)15-23-24-16-18-10-12-20(14-22(18)28)26(7-3)8-4/h9-16,27-28H,5-8H2,1-4H3. The first-order chi connectivity index (χ1) is 13.5. The van der Waals surface area contributed by atoms with Crippen molar-refractivity contribution >= 4 is 23.8 Å². The molecule has 0 aromatic heterocycles. The number of rotatable bonds is 9. The van der Waals surface area contributed by atoms with Gasteiger partial charge in [-0.15, -0.1) is 0 Å². The molecule has 0 saturated heterocycles. The zero-order valence-corrected chi connectivity index (χ0v) is 17.1. The van der Waals surface area contributed by atoms with Gasteiger partial charge in [0.25, 0.3) is 0 Å². The number of hydrogen-bond donors (Lipinski definition) is 2. The SMILES string of the molecule is CCN(CC)c1ccc(C=NN=Cc2ccc(N(CC)CC)cc2O)c(O)c1. The number of phenolic OH excluding ortho intramolecular Hbond substituents is 2. The summed E-state index contributed by atoms with van der Waals surface area (Å²) in [5.41, 5.74) is 3.13. The molecule has 0 saturated carbocycles. The van der Waals surface area contributed by atoms with E-state index in [-0.39, 0.29) is 11.5 Å². The fourth-order valence-corrected chi connectivity index (χ4v) is 3.04. The molecule has 6 heteroatoms. The van der Waals surface area contributed by atoms with Crippen molar-refractivity contribution in [3.63, 3.8) is 0 Å². The van der Waals surface area contributed by atoms with E-state index in [1.807, 2.05) is 24.3 Å². The van der Waals surface area contributed by atoms with E-state index >= 15 is 0 Å². The first-order valence-electron chi connectivity index (χ1n) is 9.76. The highest BCUT2D eigenvalue weighted by Gasteiger charge is 2.06. The Kier molecular flexibility index (Phi) is 7.87. The van der Waals surface area contributed by atoms with Crippen LogP contribution in [0, 0.1) is 0 Å². The Morgan fingerprint density at radius 3 is 1.32 bits per heavy atom. The van der Waals surface area contributed by atoms with Crippen molar-refractivity contribution in [1.29, 1.82) is 0 Å². The second-order valence-corrected chi connectivity index (χ2v) is 6.32. The fourth-order valence-electron chi connectivity index (χ4n) is 3.04. The third kappa shape index (κ3) is 5.25. The average molecular weight is 383 g/mol. The van der Waals surface area contributed by atoms with E-state index in [2.05, 4.69) is 47.7 Å². The third-order valence-electron chi connectivity index (χ3n) is 4.75. The minimum absolute atomic E-state index is 0.162. The largest absolute Gasteiger partial charge is 0.507 e. The quantitative estimate of drug-likeness (QED) is 0.502. The lowest BCUT2D eigenvalue weighted by Crippen LogP contribution is -2.21. The summed E-state index contributed by atoms with van der Waals surface area (Å²) in [6, 6.07) is 11.0. The Morgan fingerprint density at radius 2 is 1.04 bits per heavy atom. The van der Waals surface area contributed by atoms with Crippen LogP contribution in [0.25, 0.3) is 0 Å². The van der Waals surface area contributed by atoms with Gasteiger partial charge in [-0.3, -0.25) is 0 Å². The summed E-state index contributed by atoms with van der Waals surface area (Å²) < 4.78 is 0. The second-order valence-electron chi connectivity index (χ2n) is 6.32. The molecule has 2 rings (SSSR count). The minimum Gasteiger partial charge on any atom is -0.507 e. The van der Waals surface area contributed by atoms with E-state index in [4.69, 9.17) is 0 Å². The monoisotopic (exact) mass is 382 g/mol. The summed E-state index contributed by atoms with van der Waals surface area (Å²) in [5, 5.41) is 28.4. The topological polar surface area (TPSA) is 71.7 Å². The molecule has 0 aliphatic carbocycles. The van der Waals surface area contributed by atoms with Crippen LogP contribution in [0.2, 0.25) is 0 Å². The van der Waals surface area contributed by atoms with E-state index < -0.39 is 0 Å². The number of nitrogens with zero attached hydrogens (tertiary/aromatic N) is 4.